The molecule has 6 nitrogen and oxygen atoms in total. The van der Waals surface area contributed by atoms with E-state index in [0.29, 0.717) is 12.0 Å². The Labute approximate surface area is 238 Å². The van der Waals surface area contributed by atoms with Crippen molar-refractivity contribution in [1.82, 2.24) is 23.7 Å². The second-order valence-corrected chi connectivity index (χ2v) is 11.5. The zero-order chi connectivity index (χ0) is 27.1. The maximum Gasteiger partial charge on any atom is 0.148 e. The van der Waals surface area contributed by atoms with Crippen molar-refractivity contribution in [3.05, 3.63) is 109 Å². The number of hydrogen-bond acceptors (Lipinski definition) is 3. The number of pyridine rings is 2. The van der Waals surface area contributed by atoms with Crippen molar-refractivity contribution in [1.29, 1.82) is 0 Å². The van der Waals surface area contributed by atoms with Crippen LogP contribution in [0, 0.1) is 0 Å². The van der Waals surface area contributed by atoms with Crippen LogP contribution in [0.4, 0.5) is 11.5 Å². The topological polar surface area (TPSA) is 43.8 Å². The largest absolute Gasteiger partial charge is 0.337 e. The highest BCUT2D eigenvalue weighted by atomic mass is 15.3. The van der Waals surface area contributed by atoms with Crippen molar-refractivity contribution in [3.8, 4) is 11.5 Å². The number of para-hydroxylation sites is 1. The summed E-state index contributed by atoms with van der Waals surface area (Å²) in [6, 6.07) is 31.2. The van der Waals surface area contributed by atoms with Gasteiger partial charge in [0.1, 0.15) is 22.9 Å². The van der Waals surface area contributed by atoms with Crippen LogP contribution in [0.1, 0.15) is 37.2 Å². The van der Waals surface area contributed by atoms with Gasteiger partial charge in [0.15, 0.2) is 0 Å². The van der Waals surface area contributed by atoms with Gasteiger partial charge in [-0.3, -0.25) is 9.13 Å². The maximum absolute atomic E-state index is 5.35. The van der Waals surface area contributed by atoms with Crippen LogP contribution in [0.2, 0.25) is 0 Å². The first-order chi connectivity index (χ1) is 20.3. The molecule has 2 aromatic carbocycles. The third kappa shape index (κ3) is 3.24. The van der Waals surface area contributed by atoms with Crippen molar-refractivity contribution in [2.45, 2.75) is 37.6 Å². The Morgan fingerprint density at radius 2 is 1.68 bits per heavy atom. The summed E-state index contributed by atoms with van der Waals surface area (Å²) in [6.07, 6.45) is 11.1. The van der Waals surface area contributed by atoms with Crippen molar-refractivity contribution >= 4 is 44.5 Å². The molecule has 5 aromatic heterocycles. The Balaban J connectivity index is 1.25. The first-order valence-electron chi connectivity index (χ1n) is 14.6. The summed E-state index contributed by atoms with van der Waals surface area (Å²) in [5, 5.41) is 3.57. The van der Waals surface area contributed by atoms with Gasteiger partial charge in [-0.15, -0.1) is 0 Å². The minimum atomic E-state index is 0.425. The molecular formula is C35H30N6. The lowest BCUT2D eigenvalue weighted by Gasteiger charge is -2.33. The smallest absolute Gasteiger partial charge is 0.148 e. The zero-order valence-corrected chi connectivity index (χ0v) is 23.0. The molecular weight excluding hydrogens is 504 g/mol. The molecule has 0 spiro atoms. The predicted molar refractivity (Wildman–Crippen MR) is 166 cm³/mol. The van der Waals surface area contributed by atoms with E-state index in [9.17, 15) is 0 Å². The monoisotopic (exact) mass is 534 g/mol. The molecule has 7 aromatic rings. The highest BCUT2D eigenvalue weighted by Crippen LogP contribution is 2.51. The molecule has 2 unspecified atom stereocenters. The van der Waals surface area contributed by atoms with Gasteiger partial charge >= 0.3 is 0 Å². The van der Waals surface area contributed by atoms with E-state index in [-0.39, 0.29) is 0 Å². The molecule has 41 heavy (non-hydrogen) atoms. The second kappa shape index (κ2) is 8.58. The van der Waals surface area contributed by atoms with Gasteiger partial charge in [0.05, 0.1) is 5.52 Å². The summed E-state index contributed by atoms with van der Waals surface area (Å²) in [4.78, 5) is 12.7. The van der Waals surface area contributed by atoms with Gasteiger partial charge in [0.2, 0.25) is 0 Å². The molecule has 6 heteroatoms. The van der Waals surface area contributed by atoms with E-state index in [1.54, 1.807) is 0 Å². The molecule has 0 bridgehead atoms. The Morgan fingerprint density at radius 3 is 2.61 bits per heavy atom. The first-order valence-corrected chi connectivity index (χ1v) is 14.6. The summed E-state index contributed by atoms with van der Waals surface area (Å²) in [6.45, 7) is 0. The van der Waals surface area contributed by atoms with Crippen LogP contribution < -0.4 is 4.90 Å². The quantitative estimate of drug-likeness (QED) is 0.230. The van der Waals surface area contributed by atoms with Crippen LogP contribution in [0.3, 0.4) is 0 Å². The summed E-state index contributed by atoms with van der Waals surface area (Å²) >= 11 is 0. The molecule has 200 valence electrons. The van der Waals surface area contributed by atoms with Crippen LogP contribution in [-0.2, 0) is 7.05 Å². The first kappa shape index (κ1) is 22.9. The van der Waals surface area contributed by atoms with Gasteiger partial charge < -0.3 is 9.47 Å². The lowest BCUT2D eigenvalue weighted by atomic mass is 9.82. The van der Waals surface area contributed by atoms with Crippen molar-refractivity contribution in [2.24, 2.45) is 7.05 Å². The summed E-state index contributed by atoms with van der Waals surface area (Å²) < 4.78 is 6.67. The molecule has 2 atom stereocenters. The van der Waals surface area contributed by atoms with Crippen molar-refractivity contribution < 1.29 is 0 Å². The Hall–Kier alpha value is -4.84. The molecule has 0 saturated heterocycles. The summed E-state index contributed by atoms with van der Waals surface area (Å²) in [5.41, 5.74) is 7.05. The van der Waals surface area contributed by atoms with Gasteiger partial charge in [0, 0.05) is 65.1 Å². The lowest BCUT2D eigenvalue weighted by Crippen LogP contribution is -2.33. The molecule has 1 fully saturated rings. The van der Waals surface area contributed by atoms with E-state index in [1.807, 2.05) is 12.3 Å². The second-order valence-electron chi connectivity index (χ2n) is 11.5. The number of hydrogen-bond donors (Lipinski definition) is 0. The number of fused-ring (bicyclic) bond motifs is 7. The summed E-state index contributed by atoms with van der Waals surface area (Å²) in [7, 11) is 2.08. The standard InChI is InChI=1S/C35H30N6/c1-38-20-7-13-33(38)39-21-18-23-14-17-32(37-34(23)39)41-30-12-5-2-8-25(30)27-16-15-24(22-31(27)41)40-29-11-4-3-9-26(29)28-10-6-19-36-35(28)40/h3-4,6-7,9-11,13-22,25,30H,2,5,8,12H2,1H3. The highest BCUT2D eigenvalue weighted by Gasteiger charge is 2.41. The van der Waals surface area contributed by atoms with Crippen LogP contribution in [0.5, 0.6) is 0 Å². The fourth-order valence-corrected chi connectivity index (χ4v) is 7.52. The number of aryl methyl sites for hydroxylation is 1. The third-order valence-corrected chi connectivity index (χ3v) is 9.36. The molecule has 1 aliphatic carbocycles. The maximum atomic E-state index is 5.35. The SMILES string of the molecule is Cn1cccc1-n1ccc2ccc(N3c4cc(-n5c6ccccc6c6cccnc65)ccc4C4CCCCC43)nc21. The molecule has 2 aliphatic rings. The summed E-state index contributed by atoms with van der Waals surface area (Å²) in [5.74, 6) is 2.67. The Bertz CT molecular complexity index is 2060. The van der Waals surface area contributed by atoms with E-state index in [2.05, 4.69) is 117 Å². The van der Waals surface area contributed by atoms with Crippen LogP contribution >= 0.6 is 0 Å². The van der Waals surface area contributed by atoms with Crippen LogP contribution in [0.25, 0.3) is 44.5 Å². The molecule has 0 radical (unpaired) electrons. The van der Waals surface area contributed by atoms with Crippen molar-refractivity contribution in [2.75, 3.05) is 4.90 Å². The lowest BCUT2D eigenvalue weighted by molar-refractivity contribution is 0.401. The number of benzene rings is 2. The highest BCUT2D eigenvalue weighted by molar-refractivity contribution is 6.07. The molecule has 0 amide bonds. The van der Waals surface area contributed by atoms with E-state index < -0.39 is 0 Å². The average Bonchev–Trinajstić information content (AvgIpc) is 3.78. The molecule has 0 N–H and O–H groups in total. The van der Waals surface area contributed by atoms with Crippen LogP contribution in [0.15, 0.2) is 104 Å². The molecule has 1 aliphatic heterocycles. The normalized spacial score (nSPS) is 18.4. The van der Waals surface area contributed by atoms with E-state index in [4.69, 9.17) is 9.97 Å². The molecule has 6 heterocycles. The van der Waals surface area contributed by atoms with E-state index >= 15 is 0 Å². The molecule has 1 saturated carbocycles. The third-order valence-electron chi connectivity index (χ3n) is 9.36. The van der Waals surface area contributed by atoms with Gasteiger partial charge in [-0.05, 0) is 79.1 Å². The number of anilines is 2. The van der Waals surface area contributed by atoms with Gasteiger partial charge in [-0.1, -0.05) is 37.1 Å². The minimum absolute atomic E-state index is 0.425. The number of nitrogens with zero attached hydrogens (tertiary/aromatic N) is 6. The fraction of sp³-hybridized carbons (Fsp3) is 0.200. The zero-order valence-electron chi connectivity index (χ0n) is 23.0. The van der Waals surface area contributed by atoms with Gasteiger partial charge in [-0.25, -0.2) is 9.97 Å². The van der Waals surface area contributed by atoms with Crippen LogP contribution in [-0.4, -0.2) is 29.7 Å². The number of rotatable bonds is 3. The average molecular weight is 535 g/mol. The van der Waals surface area contributed by atoms with Gasteiger partial charge in [-0.2, -0.15) is 0 Å². The predicted octanol–water partition coefficient (Wildman–Crippen LogP) is 8.03. The Kier molecular flexibility index (Phi) is 4.80. The van der Waals surface area contributed by atoms with Gasteiger partial charge in [0.25, 0.3) is 0 Å². The van der Waals surface area contributed by atoms with E-state index in [1.165, 1.54) is 53.2 Å². The number of aromatic nitrogens is 5. The molecule has 9 rings (SSSR count). The van der Waals surface area contributed by atoms with E-state index in [0.717, 1.165) is 34.0 Å². The Morgan fingerprint density at radius 1 is 0.780 bits per heavy atom. The van der Waals surface area contributed by atoms with Crippen molar-refractivity contribution in [3.63, 3.8) is 0 Å². The fourth-order valence-electron chi connectivity index (χ4n) is 7.52. The minimum Gasteiger partial charge on any atom is -0.337 e.